The quantitative estimate of drug-likeness (QED) is 0.598. The molecule has 0 saturated heterocycles. The Bertz CT molecular complexity index is 186. The van der Waals surface area contributed by atoms with Crippen LogP contribution in [0.2, 0.25) is 0 Å². The highest BCUT2D eigenvalue weighted by Gasteiger charge is 2.20. The smallest absolute Gasteiger partial charge is 0.217 e. The van der Waals surface area contributed by atoms with Crippen LogP contribution in [0.15, 0.2) is 0 Å². The standard InChI is InChI=1S/C5H14N2O2S/c1-5(4-6)10(8,9)7(2)3/h5H,4,6H2,1-3H3. The lowest BCUT2D eigenvalue weighted by Gasteiger charge is -2.15. The molecule has 62 valence electrons. The number of nitrogens with zero attached hydrogens (tertiary/aromatic N) is 1. The van der Waals surface area contributed by atoms with E-state index in [1.165, 1.54) is 18.4 Å². The second-order valence-corrected chi connectivity index (χ2v) is 4.94. The number of sulfonamides is 1. The fourth-order valence-corrected chi connectivity index (χ4v) is 1.44. The van der Waals surface area contributed by atoms with E-state index >= 15 is 0 Å². The summed E-state index contributed by atoms with van der Waals surface area (Å²) in [6.45, 7) is 1.76. The van der Waals surface area contributed by atoms with Gasteiger partial charge < -0.3 is 5.73 Å². The van der Waals surface area contributed by atoms with E-state index in [4.69, 9.17) is 5.73 Å². The fourth-order valence-electron chi connectivity index (χ4n) is 0.481. The number of rotatable bonds is 3. The summed E-state index contributed by atoms with van der Waals surface area (Å²) in [7, 11) is -0.116. The third-order valence-corrected chi connectivity index (χ3v) is 3.58. The van der Waals surface area contributed by atoms with Crippen LogP contribution in [0.3, 0.4) is 0 Å². The Morgan fingerprint density at radius 1 is 1.50 bits per heavy atom. The molecule has 0 aromatic carbocycles. The third-order valence-electron chi connectivity index (χ3n) is 1.35. The van der Waals surface area contributed by atoms with E-state index in [9.17, 15) is 8.42 Å². The van der Waals surface area contributed by atoms with Crippen molar-refractivity contribution >= 4 is 10.0 Å². The van der Waals surface area contributed by atoms with Crippen molar-refractivity contribution in [2.45, 2.75) is 12.2 Å². The summed E-state index contributed by atoms with van der Waals surface area (Å²) < 4.78 is 23.4. The molecule has 0 aliphatic carbocycles. The van der Waals surface area contributed by atoms with Gasteiger partial charge in [-0.05, 0) is 6.92 Å². The summed E-state index contributed by atoms with van der Waals surface area (Å²) >= 11 is 0. The zero-order chi connectivity index (χ0) is 8.36. The van der Waals surface area contributed by atoms with E-state index in [0.29, 0.717) is 0 Å². The average Bonchev–Trinajstić information content (AvgIpc) is 1.86. The van der Waals surface area contributed by atoms with Gasteiger partial charge in [-0.25, -0.2) is 12.7 Å². The molecule has 0 spiro atoms. The van der Waals surface area contributed by atoms with Gasteiger partial charge in [-0.2, -0.15) is 0 Å². The van der Waals surface area contributed by atoms with Crippen molar-refractivity contribution in [2.75, 3.05) is 20.6 Å². The van der Waals surface area contributed by atoms with Crippen molar-refractivity contribution in [3.63, 3.8) is 0 Å². The summed E-state index contributed by atoms with van der Waals surface area (Å²) in [6.07, 6.45) is 0. The van der Waals surface area contributed by atoms with Crippen LogP contribution in [-0.2, 0) is 10.0 Å². The molecule has 0 aromatic heterocycles. The monoisotopic (exact) mass is 166 g/mol. The van der Waals surface area contributed by atoms with Gasteiger partial charge >= 0.3 is 0 Å². The highest BCUT2D eigenvalue weighted by molar-refractivity contribution is 7.89. The van der Waals surface area contributed by atoms with Crippen LogP contribution in [0.4, 0.5) is 0 Å². The van der Waals surface area contributed by atoms with Gasteiger partial charge in [0.2, 0.25) is 10.0 Å². The highest BCUT2D eigenvalue weighted by Crippen LogP contribution is 2.01. The number of hydrogen-bond donors (Lipinski definition) is 1. The lowest BCUT2D eigenvalue weighted by molar-refractivity contribution is 0.508. The minimum atomic E-state index is -3.12. The van der Waals surface area contributed by atoms with Gasteiger partial charge in [-0.15, -0.1) is 0 Å². The van der Waals surface area contributed by atoms with Gasteiger partial charge in [0.1, 0.15) is 0 Å². The van der Waals surface area contributed by atoms with Gasteiger partial charge in [0.05, 0.1) is 5.25 Å². The van der Waals surface area contributed by atoms with Crippen molar-refractivity contribution in [2.24, 2.45) is 5.73 Å². The molecule has 0 radical (unpaired) electrons. The lowest BCUT2D eigenvalue weighted by atomic mass is 10.5. The Morgan fingerprint density at radius 2 is 1.90 bits per heavy atom. The Balaban J connectivity index is 4.42. The fraction of sp³-hybridized carbons (Fsp3) is 1.00. The second kappa shape index (κ2) is 3.32. The van der Waals surface area contributed by atoms with Gasteiger partial charge in [0.25, 0.3) is 0 Å². The van der Waals surface area contributed by atoms with E-state index in [-0.39, 0.29) is 6.54 Å². The molecule has 4 nitrogen and oxygen atoms in total. The Hall–Kier alpha value is -0.130. The molecule has 1 unspecified atom stereocenters. The molecule has 2 N–H and O–H groups in total. The van der Waals surface area contributed by atoms with E-state index < -0.39 is 15.3 Å². The maximum atomic E-state index is 11.1. The lowest BCUT2D eigenvalue weighted by Crippen LogP contribution is -2.36. The molecule has 0 aromatic rings. The summed E-state index contributed by atoms with van der Waals surface area (Å²) in [6, 6.07) is 0. The summed E-state index contributed by atoms with van der Waals surface area (Å²) in [5, 5.41) is -0.484. The largest absolute Gasteiger partial charge is 0.329 e. The van der Waals surface area contributed by atoms with Crippen molar-refractivity contribution in [3.8, 4) is 0 Å². The van der Waals surface area contributed by atoms with Crippen LogP contribution in [0, 0.1) is 0 Å². The van der Waals surface area contributed by atoms with Crippen molar-refractivity contribution in [1.82, 2.24) is 4.31 Å². The summed E-state index contributed by atoms with van der Waals surface area (Å²) in [5.41, 5.74) is 5.19. The summed E-state index contributed by atoms with van der Waals surface area (Å²) in [4.78, 5) is 0. The molecule has 0 heterocycles. The molecule has 0 rings (SSSR count). The minimum absolute atomic E-state index is 0.167. The molecule has 0 aliphatic rings. The molecule has 0 saturated carbocycles. The first kappa shape index (κ1) is 9.87. The van der Waals surface area contributed by atoms with Gasteiger partial charge in [0.15, 0.2) is 0 Å². The van der Waals surface area contributed by atoms with E-state index in [0.717, 1.165) is 0 Å². The zero-order valence-corrected chi connectivity index (χ0v) is 7.35. The predicted octanol–water partition coefficient (Wildman–Crippen LogP) is -0.775. The van der Waals surface area contributed by atoms with Crippen molar-refractivity contribution in [1.29, 1.82) is 0 Å². The van der Waals surface area contributed by atoms with Crippen LogP contribution in [0.1, 0.15) is 6.92 Å². The molecule has 0 fully saturated rings. The molecule has 10 heavy (non-hydrogen) atoms. The van der Waals surface area contributed by atoms with E-state index in [2.05, 4.69) is 0 Å². The first-order chi connectivity index (χ1) is 4.42. The number of nitrogens with two attached hydrogens (primary N) is 1. The SMILES string of the molecule is CC(CN)S(=O)(=O)N(C)C. The Kier molecular flexibility index (Phi) is 3.27. The number of hydrogen-bond acceptors (Lipinski definition) is 3. The van der Waals surface area contributed by atoms with Crippen LogP contribution in [0.25, 0.3) is 0 Å². The predicted molar refractivity (Wildman–Crippen MR) is 41.1 cm³/mol. The van der Waals surface area contributed by atoms with E-state index in [1.54, 1.807) is 6.92 Å². The highest BCUT2D eigenvalue weighted by atomic mass is 32.2. The Morgan fingerprint density at radius 3 is 2.00 bits per heavy atom. The molecule has 0 aliphatic heterocycles. The van der Waals surface area contributed by atoms with Crippen molar-refractivity contribution < 1.29 is 8.42 Å². The maximum absolute atomic E-state index is 11.1. The van der Waals surface area contributed by atoms with Crippen LogP contribution in [0.5, 0.6) is 0 Å². The normalized spacial score (nSPS) is 15.7. The first-order valence-corrected chi connectivity index (χ1v) is 4.54. The molecule has 0 bridgehead atoms. The molecule has 1 atom stereocenters. The van der Waals surface area contributed by atoms with Crippen molar-refractivity contribution in [3.05, 3.63) is 0 Å². The van der Waals surface area contributed by atoms with E-state index in [1.807, 2.05) is 0 Å². The minimum Gasteiger partial charge on any atom is -0.329 e. The average molecular weight is 166 g/mol. The topological polar surface area (TPSA) is 63.4 Å². The Labute approximate surface area is 62.1 Å². The molecule has 0 amide bonds. The van der Waals surface area contributed by atoms with Gasteiger partial charge in [-0.1, -0.05) is 0 Å². The van der Waals surface area contributed by atoms with Gasteiger partial charge in [-0.3, -0.25) is 0 Å². The second-order valence-electron chi connectivity index (χ2n) is 2.37. The summed E-state index contributed by atoms with van der Waals surface area (Å²) in [5.74, 6) is 0. The zero-order valence-electron chi connectivity index (χ0n) is 6.53. The van der Waals surface area contributed by atoms with Crippen LogP contribution in [-0.4, -0.2) is 38.6 Å². The third kappa shape index (κ3) is 1.93. The first-order valence-electron chi connectivity index (χ1n) is 3.04. The van der Waals surface area contributed by atoms with Gasteiger partial charge in [0, 0.05) is 20.6 Å². The molecular weight excluding hydrogens is 152 g/mol. The van der Waals surface area contributed by atoms with Crippen LogP contribution < -0.4 is 5.73 Å². The molecule has 5 heteroatoms. The molecular formula is C5H14N2O2S. The van der Waals surface area contributed by atoms with Crippen LogP contribution >= 0.6 is 0 Å². The maximum Gasteiger partial charge on any atom is 0.217 e.